The number of nitrogens with one attached hydrogen (secondary N) is 2. The van der Waals surface area contributed by atoms with Crippen molar-refractivity contribution >= 4 is 27.6 Å². The van der Waals surface area contributed by atoms with Gasteiger partial charge in [0.2, 0.25) is 10.0 Å². The fourth-order valence-electron chi connectivity index (χ4n) is 4.04. The number of ether oxygens (including phenoxy) is 2. The lowest BCUT2D eigenvalue weighted by Crippen LogP contribution is -2.51. The molecule has 0 saturated heterocycles. The lowest BCUT2D eigenvalue weighted by molar-refractivity contribution is 0.0902. The Morgan fingerprint density at radius 2 is 1.85 bits per heavy atom. The van der Waals surface area contributed by atoms with E-state index in [2.05, 4.69) is 22.5 Å². The van der Waals surface area contributed by atoms with Gasteiger partial charge in [0.15, 0.2) is 0 Å². The number of benzene rings is 1. The van der Waals surface area contributed by atoms with Gasteiger partial charge in [-0.2, -0.15) is 0 Å². The number of carbonyl (C=O) groups is 1. The van der Waals surface area contributed by atoms with Gasteiger partial charge >= 0.3 is 0 Å². The molecule has 40 heavy (non-hydrogen) atoms. The van der Waals surface area contributed by atoms with Gasteiger partial charge in [-0.15, -0.1) is 0 Å². The fraction of sp³-hybridized carbons (Fsp3) is 0.556. The van der Waals surface area contributed by atoms with Gasteiger partial charge in [0.25, 0.3) is 5.91 Å². The van der Waals surface area contributed by atoms with Crippen molar-refractivity contribution in [1.82, 2.24) is 10.3 Å². The minimum absolute atomic E-state index is 0.0526. The molecule has 2 unspecified atom stereocenters. The number of nitrogens with zero attached hydrogens (tertiary/aromatic N) is 2. The lowest BCUT2D eigenvalue weighted by atomic mass is 10.1. The maximum absolute atomic E-state index is 13.6. The zero-order valence-electron chi connectivity index (χ0n) is 23.5. The summed E-state index contributed by atoms with van der Waals surface area (Å²) >= 11 is 0. The first-order chi connectivity index (χ1) is 18.8. The van der Waals surface area contributed by atoms with Crippen LogP contribution in [-0.2, 0) is 14.8 Å². The number of nitrogens with two attached hydrogens (primary N) is 1. The Morgan fingerprint density at radius 3 is 2.42 bits per heavy atom. The van der Waals surface area contributed by atoms with Gasteiger partial charge in [-0.3, -0.25) is 9.10 Å². The van der Waals surface area contributed by atoms with E-state index in [0.29, 0.717) is 37.2 Å². The highest BCUT2D eigenvalue weighted by Crippen LogP contribution is 2.37. The minimum atomic E-state index is -3.71. The van der Waals surface area contributed by atoms with Crippen LogP contribution in [0.25, 0.3) is 0 Å². The van der Waals surface area contributed by atoms with Gasteiger partial charge in [0.1, 0.15) is 35.6 Å². The van der Waals surface area contributed by atoms with Crippen LogP contribution in [-0.4, -0.2) is 70.6 Å². The molecule has 2 aromatic rings. The highest BCUT2D eigenvalue weighted by Gasteiger charge is 2.32. The van der Waals surface area contributed by atoms with Crippen LogP contribution < -0.4 is 25.4 Å². The molecule has 10 nitrogen and oxygen atoms in total. The number of sulfonamides is 1. The van der Waals surface area contributed by atoms with E-state index in [1.165, 1.54) is 20.2 Å². The van der Waals surface area contributed by atoms with Gasteiger partial charge in [-0.05, 0) is 50.7 Å². The number of halogens is 2. The number of methoxy groups -OCH3 is 1. The summed E-state index contributed by atoms with van der Waals surface area (Å²) in [4.78, 5) is 17.9. The first-order valence-corrected chi connectivity index (χ1v) is 14.7. The fourth-order valence-corrected chi connectivity index (χ4v) is 5.03. The van der Waals surface area contributed by atoms with Crippen LogP contribution in [0.15, 0.2) is 30.3 Å². The van der Waals surface area contributed by atoms with Gasteiger partial charge in [0, 0.05) is 57.1 Å². The van der Waals surface area contributed by atoms with Crippen LogP contribution in [0.4, 0.5) is 20.4 Å². The van der Waals surface area contributed by atoms with Crippen LogP contribution in [0.3, 0.4) is 0 Å². The van der Waals surface area contributed by atoms with Crippen LogP contribution in [0.5, 0.6) is 5.75 Å². The second kappa shape index (κ2) is 13.6. The Morgan fingerprint density at radius 1 is 1.20 bits per heavy atom. The number of rotatable bonds is 15. The Hall–Kier alpha value is -3.03. The molecule has 13 heteroatoms. The number of aromatic nitrogens is 1. The van der Waals surface area contributed by atoms with Gasteiger partial charge in [-0.1, -0.05) is 6.92 Å². The van der Waals surface area contributed by atoms with Crippen molar-refractivity contribution in [3.05, 3.63) is 47.5 Å². The molecule has 1 aromatic heterocycles. The first kappa shape index (κ1) is 31.5. The zero-order valence-corrected chi connectivity index (χ0v) is 24.3. The molecular weight excluding hydrogens is 544 g/mol. The molecule has 4 atom stereocenters. The van der Waals surface area contributed by atoms with E-state index in [-0.39, 0.29) is 23.7 Å². The second-order valence-electron chi connectivity index (χ2n) is 10.5. The third-order valence-corrected chi connectivity index (χ3v) is 9.09. The molecule has 222 valence electrons. The van der Waals surface area contributed by atoms with Crippen LogP contribution in [0.1, 0.15) is 44.0 Å². The molecule has 1 fully saturated rings. The molecule has 1 heterocycles. The predicted molar refractivity (Wildman–Crippen MR) is 150 cm³/mol. The summed E-state index contributed by atoms with van der Waals surface area (Å²) in [6, 6.07) is 4.32. The Bertz CT molecular complexity index is 1260. The second-order valence-corrected chi connectivity index (χ2v) is 13.0. The first-order valence-electron chi connectivity index (χ1n) is 13.2. The molecule has 1 saturated carbocycles. The molecule has 4 N–H and O–H groups in total. The summed E-state index contributed by atoms with van der Waals surface area (Å²) in [5.41, 5.74) is 6.47. The SMILES string of the molecule is COCCC(N)[C@H](COc1cc(F)cc(F)c1)NC(=O)c1cc(NCC2C[C@@H]2C)nc(N(C)S(=O)(=O)C(C)C)c1. The van der Waals surface area contributed by atoms with Gasteiger partial charge < -0.3 is 25.8 Å². The molecule has 0 radical (unpaired) electrons. The Labute approximate surface area is 234 Å². The smallest absolute Gasteiger partial charge is 0.251 e. The monoisotopic (exact) mass is 583 g/mol. The van der Waals surface area contributed by atoms with E-state index < -0.39 is 44.9 Å². The van der Waals surface area contributed by atoms with Crippen molar-refractivity contribution in [1.29, 1.82) is 0 Å². The summed E-state index contributed by atoms with van der Waals surface area (Å²) in [5.74, 6) is -0.693. The molecule has 1 aliphatic carbocycles. The van der Waals surface area contributed by atoms with Crippen molar-refractivity contribution in [3.8, 4) is 5.75 Å². The highest BCUT2D eigenvalue weighted by atomic mass is 32.2. The van der Waals surface area contributed by atoms with Crippen molar-refractivity contribution in [3.63, 3.8) is 0 Å². The van der Waals surface area contributed by atoms with Crippen LogP contribution in [0, 0.1) is 23.5 Å². The van der Waals surface area contributed by atoms with Crippen molar-refractivity contribution < 1.29 is 31.5 Å². The zero-order chi connectivity index (χ0) is 29.6. The van der Waals surface area contributed by atoms with E-state index in [0.717, 1.165) is 28.9 Å². The third kappa shape index (κ3) is 8.48. The van der Waals surface area contributed by atoms with Crippen LogP contribution in [0.2, 0.25) is 0 Å². The van der Waals surface area contributed by atoms with E-state index >= 15 is 0 Å². The minimum Gasteiger partial charge on any atom is -0.491 e. The maximum atomic E-state index is 13.6. The molecular formula is C27H39F2N5O5S. The van der Waals surface area contributed by atoms with E-state index in [1.54, 1.807) is 19.9 Å². The number of hydrogen-bond donors (Lipinski definition) is 3. The molecule has 0 bridgehead atoms. The number of pyridine rings is 1. The molecule has 0 spiro atoms. The highest BCUT2D eigenvalue weighted by molar-refractivity contribution is 7.93. The summed E-state index contributed by atoms with van der Waals surface area (Å²) < 4.78 is 64.7. The number of hydrogen-bond acceptors (Lipinski definition) is 8. The molecule has 1 aliphatic rings. The third-order valence-electron chi connectivity index (χ3n) is 6.95. The summed E-state index contributed by atoms with van der Waals surface area (Å²) in [7, 11) is -0.806. The van der Waals surface area contributed by atoms with Crippen molar-refractivity contribution in [2.45, 2.75) is 50.9 Å². The number of anilines is 2. The molecule has 1 amide bonds. The normalized spacial score (nSPS) is 18.2. The standard InChI is InChI=1S/C27H39F2N5O5S/c1-16(2)40(36,37)34(4)26-10-18(9-25(33-26)31-14-19-8-17(19)3)27(35)32-24(23(30)6-7-38-5)15-39-22-12-20(28)11-21(29)13-22/h9-13,16-17,19,23-24H,6-8,14-15,30H2,1-5H3,(H,31,33)(H,32,35)/t17-,19?,23?,24-/m0/s1. The predicted octanol–water partition coefficient (Wildman–Crippen LogP) is 3.14. The maximum Gasteiger partial charge on any atom is 0.251 e. The Kier molecular flexibility index (Phi) is 10.7. The average molecular weight is 584 g/mol. The quantitative estimate of drug-likeness (QED) is 0.291. The van der Waals surface area contributed by atoms with Gasteiger partial charge in [0.05, 0.1) is 11.3 Å². The van der Waals surface area contributed by atoms with Crippen molar-refractivity contribution in [2.24, 2.45) is 17.6 Å². The van der Waals surface area contributed by atoms with Crippen molar-refractivity contribution in [2.75, 3.05) is 43.5 Å². The van der Waals surface area contributed by atoms with E-state index in [4.69, 9.17) is 15.2 Å². The lowest BCUT2D eigenvalue weighted by Gasteiger charge is -2.26. The van der Waals surface area contributed by atoms with E-state index in [1.807, 2.05) is 0 Å². The summed E-state index contributed by atoms with van der Waals surface area (Å²) in [5, 5.41) is 5.34. The number of amides is 1. The van der Waals surface area contributed by atoms with Gasteiger partial charge in [-0.25, -0.2) is 22.2 Å². The average Bonchev–Trinajstić information content (AvgIpc) is 3.61. The van der Waals surface area contributed by atoms with Crippen LogP contribution >= 0.6 is 0 Å². The number of carbonyl (C=O) groups excluding carboxylic acids is 1. The molecule has 0 aliphatic heterocycles. The molecule has 1 aromatic carbocycles. The Balaban J connectivity index is 1.86. The van der Waals surface area contributed by atoms with E-state index in [9.17, 15) is 22.0 Å². The largest absolute Gasteiger partial charge is 0.491 e. The summed E-state index contributed by atoms with van der Waals surface area (Å²) in [6.07, 6.45) is 1.45. The topological polar surface area (TPSA) is 136 Å². The molecule has 3 rings (SSSR count). The summed E-state index contributed by atoms with van der Waals surface area (Å²) in [6.45, 7) is 6.04.